The van der Waals surface area contributed by atoms with Gasteiger partial charge in [-0.1, -0.05) is 84.9 Å². The van der Waals surface area contributed by atoms with Gasteiger partial charge in [0.1, 0.15) is 0 Å². The molecule has 0 N–H and O–H groups in total. The molecule has 0 aliphatic heterocycles. The molecule has 0 amide bonds. The van der Waals surface area contributed by atoms with Gasteiger partial charge in [-0.25, -0.2) is 0 Å². The highest BCUT2D eigenvalue weighted by Crippen LogP contribution is 2.57. The van der Waals surface area contributed by atoms with Gasteiger partial charge in [-0.2, -0.15) is 103 Å². The first-order valence-electron chi connectivity index (χ1n) is 15.0. The molecule has 0 atom stereocenters. The maximum Gasteiger partial charge on any atom is 0.460 e. The van der Waals surface area contributed by atoms with Crippen LogP contribution in [0, 0.1) is 0 Å². The van der Waals surface area contributed by atoms with Crippen molar-refractivity contribution in [3.63, 3.8) is 0 Å². The first-order chi connectivity index (χ1) is 27.1. The van der Waals surface area contributed by atoms with Crippen molar-refractivity contribution < 1.29 is 103 Å². The van der Waals surface area contributed by atoms with E-state index in [0.29, 0.717) is 22.3 Å². The summed E-state index contributed by atoms with van der Waals surface area (Å²) in [5, 5.41) is -13.8. The van der Waals surface area contributed by atoms with Crippen LogP contribution in [-0.2, 0) is 27.5 Å². The van der Waals surface area contributed by atoms with Crippen LogP contribution in [0.2, 0.25) is 0 Å². The van der Waals surface area contributed by atoms with Crippen LogP contribution < -0.4 is 0 Å². The van der Waals surface area contributed by atoms with Crippen molar-refractivity contribution in [1.82, 2.24) is 0 Å². The lowest BCUT2D eigenvalue weighted by molar-refractivity contribution is -0.382. The summed E-state index contributed by atoms with van der Waals surface area (Å²) in [4.78, 5) is -0.472. The Morgan fingerprint density at radius 3 is 0.800 bits per heavy atom. The molecule has 4 aromatic rings. The fourth-order valence-electron chi connectivity index (χ4n) is 3.96. The van der Waals surface area contributed by atoms with Crippen molar-refractivity contribution in [2.45, 2.75) is 56.3 Å². The standard InChI is InChI=1S/2C16H9F9O3S2/c2*17-13(18,15(21,22)23)14(19,20)16(24,25)30(26,27)28-29-12-8-6-11(7-9-12)10-4-2-1-3-5-10/h2*1-9H. The molecule has 0 heterocycles. The molecule has 0 fully saturated rings. The minimum atomic E-state index is -7.35. The van der Waals surface area contributed by atoms with Gasteiger partial charge in [0, 0.05) is 33.9 Å². The number of hydrogen-bond acceptors (Lipinski definition) is 8. The SMILES string of the molecule is O=S(=O)(OSc1ccc(-c2ccccc2)cc1)C(F)(F)C(F)(F)C(F)(F)C(F)(F)F.O=S(=O)(OSc1ccc(-c2ccccc2)cc1)C(F)(F)C(F)(F)C(F)(F)C(F)(F)F. The van der Waals surface area contributed by atoms with E-state index in [9.17, 15) is 95.9 Å². The van der Waals surface area contributed by atoms with Crippen LogP contribution in [0.5, 0.6) is 0 Å². The molecule has 0 aromatic heterocycles. The van der Waals surface area contributed by atoms with Gasteiger partial charge in [0.15, 0.2) is 0 Å². The zero-order chi connectivity index (χ0) is 46.0. The summed E-state index contributed by atoms with van der Waals surface area (Å²) in [5.74, 6) is -29.4. The first-order valence-corrected chi connectivity index (χ1v) is 19.3. The van der Waals surface area contributed by atoms with Gasteiger partial charge in [0.2, 0.25) is 0 Å². The van der Waals surface area contributed by atoms with Gasteiger partial charge < -0.3 is 0 Å². The van der Waals surface area contributed by atoms with Crippen molar-refractivity contribution in [2.24, 2.45) is 0 Å². The molecule has 60 heavy (non-hydrogen) atoms. The molecule has 332 valence electrons. The Morgan fingerprint density at radius 2 is 0.567 bits per heavy atom. The molecule has 0 radical (unpaired) electrons. The lowest BCUT2D eigenvalue weighted by atomic mass is 10.1. The van der Waals surface area contributed by atoms with Gasteiger partial charge in [0.25, 0.3) is 0 Å². The second kappa shape index (κ2) is 17.5. The quantitative estimate of drug-likeness (QED) is 0.0912. The minimum absolute atomic E-state index is 0.236. The lowest BCUT2D eigenvalue weighted by Gasteiger charge is -2.32. The Labute approximate surface area is 334 Å². The molecule has 0 spiro atoms. The number of alkyl halides is 18. The van der Waals surface area contributed by atoms with Gasteiger partial charge in [-0.3, -0.25) is 0 Å². The summed E-state index contributed by atoms with van der Waals surface area (Å²) < 4.78 is 283. The van der Waals surface area contributed by atoms with E-state index in [1.54, 1.807) is 60.7 Å². The third kappa shape index (κ3) is 9.92. The summed E-state index contributed by atoms with van der Waals surface area (Å²) in [6.45, 7) is 0. The van der Waals surface area contributed by atoms with Crippen LogP contribution in [0.25, 0.3) is 22.3 Å². The summed E-state index contributed by atoms with van der Waals surface area (Å²) >= 11 is -0.870. The van der Waals surface area contributed by atoms with Gasteiger partial charge in [0.05, 0.1) is 0 Å². The average molecular weight is 969 g/mol. The Bertz CT molecular complexity index is 2110. The van der Waals surface area contributed by atoms with E-state index in [4.69, 9.17) is 0 Å². The van der Waals surface area contributed by atoms with E-state index in [2.05, 4.69) is 7.26 Å². The monoisotopic (exact) mass is 968 g/mol. The van der Waals surface area contributed by atoms with E-state index in [-0.39, 0.29) is 9.79 Å². The lowest BCUT2D eigenvalue weighted by Crippen LogP contribution is -2.63. The van der Waals surface area contributed by atoms with E-state index in [0.717, 1.165) is 24.3 Å². The molecular weight excluding hydrogens is 951 g/mol. The average Bonchev–Trinajstić information content (AvgIpc) is 3.16. The fourth-order valence-corrected chi connectivity index (χ4v) is 7.36. The normalized spacial score (nSPS) is 14.0. The highest BCUT2D eigenvalue weighted by Gasteiger charge is 2.87. The maximum atomic E-state index is 13.5. The molecular formula is C32H18F18O6S4. The summed E-state index contributed by atoms with van der Waals surface area (Å²) in [6.07, 6.45) is -14.3. The van der Waals surface area contributed by atoms with Crippen LogP contribution in [0.15, 0.2) is 119 Å². The van der Waals surface area contributed by atoms with Crippen LogP contribution in [0.3, 0.4) is 0 Å². The van der Waals surface area contributed by atoms with E-state index >= 15 is 0 Å². The van der Waals surface area contributed by atoms with Crippen molar-refractivity contribution in [2.75, 3.05) is 0 Å². The van der Waals surface area contributed by atoms with Gasteiger partial charge >= 0.3 is 66.8 Å². The Hall–Kier alpha value is -3.86. The number of rotatable bonds is 14. The highest BCUT2D eigenvalue weighted by atomic mass is 32.3. The molecule has 0 bridgehead atoms. The highest BCUT2D eigenvalue weighted by molar-refractivity contribution is 8.05. The van der Waals surface area contributed by atoms with E-state index < -0.39 is 90.9 Å². The minimum Gasteiger partial charge on any atom is -0.192 e. The van der Waals surface area contributed by atoms with Crippen molar-refractivity contribution in [3.8, 4) is 22.3 Å². The molecule has 0 unspecified atom stereocenters. The number of halogens is 18. The van der Waals surface area contributed by atoms with Crippen LogP contribution in [-0.4, -0.2) is 63.4 Å². The molecule has 0 saturated heterocycles. The second-order valence-corrected chi connectivity index (χ2v) is 16.5. The molecule has 0 aliphatic carbocycles. The fraction of sp³-hybridized carbons (Fsp3) is 0.250. The molecule has 28 heteroatoms. The molecule has 0 aliphatic rings. The summed E-state index contributed by atoms with van der Waals surface area (Å²) in [7, 11) is -13.8. The first kappa shape index (κ1) is 50.5. The topological polar surface area (TPSA) is 86.7 Å². The number of benzene rings is 4. The zero-order valence-corrected chi connectivity index (χ0v) is 31.5. The second-order valence-electron chi connectivity index (χ2n) is 11.3. The Balaban J connectivity index is 0.000000320. The smallest absolute Gasteiger partial charge is 0.192 e. The van der Waals surface area contributed by atoms with E-state index in [1.807, 2.05) is 0 Å². The molecule has 6 nitrogen and oxygen atoms in total. The molecule has 4 aromatic carbocycles. The van der Waals surface area contributed by atoms with Crippen LogP contribution in [0.1, 0.15) is 0 Å². The summed E-state index contributed by atoms with van der Waals surface area (Å²) in [5.41, 5.74) is 2.60. The van der Waals surface area contributed by atoms with Crippen LogP contribution >= 0.6 is 24.1 Å². The van der Waals surface area contributed by atoms with Crippen molar-refractivity contribution >= 4 is 44.3 Å². The maximum absolute atomic E-state index is 13.5. The van der Waals surface area contributed by atoms with Crippen molar-refractivity contribution in [1.29, 1.82) is 0 Å². The van der Waals surface area contributed by atoms with Gasteiger partial charge in [-0.05, 0) is 46.5 Å². The molecule has 0 saturated carbocycles. The third-order valence-corrected chi connectivity index (χ3v) is 11.9. The zero-order valence-electron chi connectivity index (χ0n) is 28.3. The largest absolute Gasteiger partial charge is 0.460 e. The summed E-state index contributed by atoms with van der Waals surface area (Å²) in [6, 6.07) is 27.1. The Kier molecular flexibility index (Phi) is 14.7. The van der Waals surface area contributed by atoms with Crippen LogP contribution in [0.4, 0.5) is 79.0 Å². The van der Waals surface area contributed by atoms with Crippen molar-refractivity contribution in [3.05, 3.63) is 109 Å². The van der Waals surface area contributed by atoms with Gasteiger partial charge in [-0.15, -0.1) is 0 Å². The van der Waals surface area contributed by atoms with E-state index in [1.165, 1.54) is 24.3 Å². The Morgan fingerprint density at radius 1 is 0.333 bits per heavy atom. The molecule has 4 rings (SSSR count). The number of hydrogen-bond donors (Lipinski definition) is 0. The predicted molar refractivity (Wildman–Crippen MR) is 177 cm³/mol. The third-order valence-electron chi connectivity index (χ3n) is 7.22. The predicted octanol–water partition coefficient (Wildman–Crippen LogP) is 12.3.